The summed E-state index contributed by atoms with van der Waals surface area (Å²) in [5.41, 5.74) is 5.51. The Morgan fingerprint density at radius 3 is 2.32 bits per heavy atom. The molecule has 0 spiro atoms. The zero-order valence-electron chi connectivity index (χ0n) is 12.6. The van der Waals surface area contributed by atoms with Crippen LogP contribution in [-0.4, -0.2) is 56.1 Å². The highest BCUT2D eigenvalue weighted by atomic mass is 16.5. The van der Waals surface area contributed by atoms with E-state index in [0.717, 1.165) is 6.42 Å². The second kappa shape index (κ2) is 8.87. The van der Waals surface area contributed by atoms with Crippen molar-refractivity contribution in [3.8, 4) is 0 Å². The SMILES string of the molecule is CCOC(=O)C(N)C(=O)NCC(CC(C)C)N(C)C. The summed E-state index contributed by atoms with van der Waals surface area (Å²) < 4.78 is 4.71. The number of likely N-dealkylation sites (N-methyl/N-ethyl adjacent to an activating group) is 1. The van der Waals surface area contributed by atoms with E-state index in [1.807, 2.05) is 14.1 Å². The molecular weight excluding hydrogens is 246 g/mol. The van der Waals surface area contributed by atoms with Gasteiger partial charge in [0.25, 0.3) is 0 Å². The lowest BCUT2D eigenvalue weighted by Gasteiger charge is -2.26. The summed E-state index contributed by atoms with van der Waals surface area (Å²) in [5.74, 6) is -0.651. The molecule has 0 radical (unpaired) electrons. The largest absolute Gasteiger partial charge is 0.464 e. The van der Waals surface area contributed by atoms with Crippen LogP contribution in [-0.2, 0) is 14.3 Å². The monoisotopic (exact) mass is 273 g/mol. The molecule has 6 heteroatoms. The first-order valence-corrected chi connectivity index (χ1v) is 6.65. The third-order valence-electron chi connectivity index (χ3n) is 2.81. The Bertz CT molecular complexity index is 293. The number of hydrogen-bond acceptors (Lipinski definition) is 5. The maximum absolute atomic E-state index is 11.7. The number of nitrogens with zero attached hydrogens (tertiary/aromatic N) is 1. The summed E-state index contributed by atoms with van der Waals surface area (Å²) in [4.78, 5) is 25.1. The molecule has 6 nitrogen and oxygen atoms in total. The number of esters is 1. The third kappa shape index (κ3) is 7.12. The molecule has 0 bridgehead atoms. The first-order chi connectivity index (χ1) is 8.79. The summed E-state index contributed by atoms with van der Waals surface area (Å²) in [6, 6.07) is -1.03. The van der Waals surface area contributed by atoms with Gasteiger partial charge in [-0.3, -0.25) is 4.79 Å². The Balaban J connectivity index is 4.28. The van der Waals surface area contributed by atoms with Gasteiger partial charge >= 0.3 is 5.97 Å². The number of carbonyl (C=O) groups excluding carboxylic acids is 2. The van der Waals surface area contributed by atoms with E-state index in [2.05, 4.69) is 24.1 Å². The number of nitrogens with two attached hydrogens (primary N) is 1. The number of amides is 1. The molecule has 0 heterocycles. The molecule has 2 unspecified atom stereocenters. The molecule has 0 saturated carbocycles. The van der Waals surface area contributed by atoms with E-state index in [4.69, 9.17) is 10.5 Å². The standard InChI is InChI=1S/C13H27N3O3/c1-6-19-13(18)11(14)12(17)15-8-10(16(4)5)7-9(2)3/h9-11H,6-8,14H2,1-5H3,(H,15,17). The van der Waals surface area contributed by atoms with Crippen molar-refractivity contribution in [3.05, 3.63) is 0 Å². The van der Waals surface area contributed by atoms with Crippen LogP contribution >= 0.6 is 0 Å². The van der Waals surface area contributed by atoms with Gasteiger partial charge in [-0.05, 0) is 33.4 Å². The molecule has 19 heavy (non-hydrogen) atoms. The van der Waals surface area contributed by atoms with E-state index < -0.39 is 17.9 Å². The number of ether oxygens (including phenoxy) is 1. The topological polar surface area (TPSA) is 84.7 Å². The second-order valence-electron chi connectivity index (χ2n) is 5.22. The van der Waals surface area contributed by atoms with Crippen molar-refractivity contribution < 1.29 is 14.3 Å². The van der Waals surface area contributed by atoms with Crippen molar-refractivity contribution in [3.63, 3.8) is 0 Å². The van der Waals surface area contributed by atoms with Gasteiger partial charge in [-0.25, -0.2) is 4.79 Å². The molecule has 0 aromatic heterocycles. The first kappa shape index (κ1) is 17.9. The quantitative estimate of drug-likeness (QED) is 0.479. The maximum atomic E-state index is 11.7. The zero-order valence-corrected chi connectivity index (χ0v) is 12.6. The van der Waals surface area contributed by atoms with Crippen molar-refractivity contribution in [1.82, 2.24) is 10.2 Å². The third-order valence-corrected chi connectivity index (χ3v) is 2.81. The van der Waals surface area contributed by atoms with E-state index in [1.54, 1.807) is 6.92 Å². The lowest BCUT2D eigenvalue weighted by Crippen LogP contribution is -2.50. The van der Waals surface area contributed by atoms with E-state index in [9.17, 15) is 9.59 Å². The van der Waals surface area contributed by atoms with Crippen LogP contribution in [0.3, 0.4) is 0 Å². The fraction of sp³-hybridized carbons (Fsp3) is 0.846. The van der Waals surface area contributed by atoms with Crippen LogP contribution in [0, 0.1) is 5.92 Å². The fourth-order valence-corrected chi connectivity index (χ4v) is 1.69. The Morgan fingerprint density at radius 2 is 1.89 bits per heavy atom. The summed E-state index contributed by atoms with van der Waals surface area (Å²) in [6.45, 7) is 6.61. The summed E-state index contributed by atoms with van der Waals surface area (Å²) in [5, 5.41) is 2.70. The normalized spacial score (nSPS) is 14.3. The lowest BCUT2D eigenvalue weighted by atomic mass is 10.0. The highest BCUT2D eigenvalue weighted by molar-refractivity contribution is 6.01. The minimum Gasteiger partial charge on any atom is -0.464 e. The molecule has 3 N–H and O–H groups in total. The highest BCUT2D eigenvalue weighted by Crippen LogP contribution is 2.08. The number of carbonyl (C=O) groups is 2. The molecule has 112 valence electrons. The van der Waals surface area contributed by atoms with Crippen LogP contribution in [0.1, 0.15) is 27.2 Å². The van der Waals surface area contributed by atoms with Crippen molar-refractivity contribution in [1.29, 1.82) is 0 Å². The van der Waals surface area contributed by atoms with Gasteiger partial charge in [0.15, 0.2) is 6.04 Å². The van der Waals surface area contributed by atoms with Gasteiger partial charge in [-0.15, -0.1) is 0 Å². The van der Waals surface area contributed by atoms with Gasteiger partial charge in [-0.1, -0.05) is 13.8 Å². The van der Waals surface area contributed by atoms with E-state index in [-0.39, 0.29) is 12.6 Å². The predicted molar refractivity (Wildman–Crippen MR) is 74.5 cm³/mol. The Hall–Kier alpha value is -1.14. The van der Waals surface area contributed by atoms with Crippen LogP contribution in [0.5, 0.6) is 0 Å². The summed E-state index contributed by atoms with van der Waals surface area (Å²) >= 11 is 0. The van der Waals surface area contributed by atoms with Crippen LogP contribution in [0.4, 0.5) is 0 Å². The molecule has 2 atom stereocenters. The molecule has 0 aromatic rings. The summed E-state index contributed by atoms with van der Waals surface area (Å²) in [7, 11) is 3.93. The van der Waals surface area contributed by atoms with Crippen LogP contribution in [0.25, 0.3) is 0 Å². The molecule has 0 aliphatic rings. The molecule has 0 fully saturated rings. The molecule has 1 amide bonds. The van der Waals surface area contributed by atoms with Crippen molar-refractivity contribution >= 4 is 11.9 Å². The van der Waals surface area contributed by atoms with Crippen molar-refractivity contribution in [2.75, 3.05) is 27.2 Å². The van der Waals surface area contributed by atoms with Gasteiger partial charge in [0.1, 0.15) is 0 Å². The van der Waals surface area contributed by atoms with Gasteiger partial charge < -0.3 is 20.7 Å². The zero-order chi connectivity index (χ0) is 15.0. The lowest BCUT2D eigenvalue weighted by molar-refractivity contribution is -0.148. The highest BCUT2D eigenvalue weighted by Gasteiger charge is 2.24. The number of hydrogen-bond donors (Lipinski definition) is 2. The second-order valence-corrected chi connectivity index (χ2v) is 5.22. The van der Waals surface area contributed by atoms with E-state index in [1.165, 1.54) is 0 Å². The first-order valence-electron chi connectivity index (χ1n) is 6.65. The molecule has 0 aromatic carbocycles. The van der Waals surface area contributed by atoms with Gasteiger partial charge in [0, 0.05) is 12.6 Å². The Labute approximate surface area is 115 Å². The van der Waals surface area contributed by atoms with E-state index in [0.29, 0.717) is 12.5 Å². The van der Waals surface area contributed by atoms with Crippen molar-refractivity contribution in [2.45, 2.75) is 39.3 Å². The Morgan fingerprint density at radius 1 is 1.32 bits per heavy atom. The number of rotatable bonds is 8. The molecule has 0 aliphatic heterocycles. The van der Waals surface area contributed by atoms with Gasteiger partial charge in [0.05, 0.1) is 6.61 Å². The van der Waals surface area contributed by atoms with Gasteiger partial charge in [0.2, 0.25) is 5.91 Å². The fourth-order valence-electron chi connectivity index (χ4n) is 1.69. The summed E-state index contributed by atoms with van der Waals surface area (Å²) in [6.07, 6.45) is 0.960. The minimum atomic E-state index is -1.25. The smallest absolute Gasteiger partial charge is 0.332 e. The number of nitrogens with one attached hydrogen (secondary N) is 1. The maximum Gasteiger partial charge on any atom is 0.332 e. The molecule has 0 saturated heterocycles. The molecule has 0 rings (SSSR count). The van der Waals surface area contributed by atoms with E-state index >= 15 is 0 Å². The molecular formula is C13H27N3O3. The Kier molecular flexibility index (Phi) is 8.34. The average molecular weight is 273 g/mol. The van der Waals surface area contributed by atoms with Gasteiger partial charge in [-0.2, -0.15) is 0 Å². The van der Waals surface area contributed by atoms with Crippen LogP contribution < -0.4 is 11.1 Å². The van der Waals surface area contributed by atoms with Crippen LogP contribution in [0.15, 0.2) is 0 Å². The average Bonchev–Trinajstić information content (AvgIpc) is 2.32. The van der Waals surface area contributed by atoms with Crippen LogP contribution in [0.2, 0.25) is 0 Å². The molecule has 0 aliphatic carbocycles. The van der Waals surface area contributed by atoms with Crippen molar-refractivity contribution in [2.24, 2.45) is 11.7 Å². The minimum absolute atomic E-state index is 0.216. The predicted octanol–water partition coefficient (Wildman–Crippen LogP) is -0.0307.